The van der Waals surface area contributed by atoms with Crippen LogP contribution in [0.15, 0.2) is 36.4 Å². The number of rotatable bonds is 29. The third kappa shape index (κ3) is 13.7. The number of hydrogen-bond donors (Lipinski definition) is 5. The number of unbranched alkanes of at least 4 members (excludes halogenated alkanes) is 16. The summed E-state index contributed by atoms with van der Waals surface area (Å²) in [4.78, 5) is 56.1. The molecule has 6 atom stereocenters. The van der Waals surface area contributed by atoms with Crippen LogP contribution in [0.1, 0.15) is 209 Å². The van der Waals surface area contributed by atoms with E-state index in [9.17, 15) is 39.6 Å². The van der Waals surface area contributed by atoms with Gasteiger partial charge in [0.25, 0.3) is 0 Å². The minimum Gasteiger partial charge on any atom is -0.507 e. The van der Waals surface area contributed by atoms with E-state index in [4.69, 9.17) is 34.2 Å². The van der Waals surface area contributed by atoms with Gasteiger partial charge in [0, 0.05) is 42.0 Å². The van der Waals surface area contributed by atoms with E-state index in [1.54, 1.807) is 13.0 Å². The van der Waals surface area contributed by atoms with E-state index >= 15 is 0 Å². The first kappa shape index (κ1) is 55.3. The standard InChI is InChI=1S/C56H77NO14/c1-5-7-9-11-13-15-17-19-21-28-67-40-27-26-36(30-42(40)68-29-22-20-18-16-14-12-10-8-6-2)55(64)69-34-44(58)56(65)32-38-47(43(33-56)71-45-31-39(57)50(59)35(3)70-45)54(63)49-48(52(38)61)51(60)37-24-23-25-41(66-4)46(37)53(49)62/h23-27,30,35,39,43,45,50,59,61,63,65H,5-22,28-29,31-34,57H2,1-4H3/t35-,39-,43-,45-,50+,56-/m0/s1. The fraction of sp³-hybridized carbons (Fsp3) is 0.607. The number of hydrogen-bond acceptors (Lipinski definition) is 15. The van der Waals surface area contributed by atoms with Crippen LogP contribution >= 0.6 is 0 Å². The zero-order valence-electron chi connectivity index (χ0n) is 42.3. The molecule has 15 heteroatoms. The molecule has 0 unspecified atom stereocenters. The molecule has 6 rings (SSSR count). The molecule has 0 radical (unpaired) electrons. The van der Waals surface area contributed by atoms with Gasteiger partial charge in [-0.25, -0.2) is 4.79 Å². The van der Waals surface area contributed by atoms with Crippen molar-refractivity contribution in [2.75, 3.05) is 26.9 Å². The molecule has 390 valence electrons. The highest BCUT2D eigenvalue weighted by Gasteiger charge is 2.50. The van der Waals surface area contributed by atoms with Gasteiger partial charge in [-0.15, -0.1) is 0 Å². The van der Waals surface area contributed by atoms with Gasteiger partial charge in [-0.05, 0) is 44.0 Å². The Morgan fingerprint density at radius 3 is 1.92 bits per heavy atom. The molecule has 0 amide bonds. The van der Waals surface area contributed by atoms with Crippen molar-refractivity contribution in [2.24, 2.45) is 5.73 Å². The van der Waals surface area contributed by atoms with Crippen LogP contribution in [0.4, 0.5) is 0 Å². The average molecular weight is 988 g/mol. The second kappa shape index (κ2) is 26.6. The van der Waals surface area contributed by atoms with Crippen LogP contribution in [0.5, 0.6) is 28.7 Å². The Balaban J connectivity index is 1.18. The molecule has 6 N–H and O–H groups in total. The van der Waals surface area contributed by atoms with Crippen LogP contribution in [0, 0.1) is 0 Å². The maximum atomic E-state index is 14.2. The minimum absolute atomic E-state index is 0.0328. The highest BCUT2D eigenvalue weighted by Crippen LogP contribution is 2.52. The van der Waals surface area contributed by atoms with E-state index in [1.165, 1.54) is 114 Å². The third-order valence-corrected chi connectivity index (χ3v) is 14.2. The number of ketones is 3. The second-order valence-electron chi connectivity index (χ2n) is 19.6. The van der Waals surface area contributed by atoms with E-state index in [-0.39, 0.29) is 40.0 Å². The number of Topliss-reactive ketones (excluding diaryl/α,β-unsaturated/α-hetero) is 1. The number of fused-ring (bicyclic) bond motifs is 3. The first-order valence-corrected chi connectivity index (χ1v) is 26.2. The van der Waals surface area contributed by atoms with Gasteiger partial charge in [0.1, 0.15) is 22.8 Å². The normalized spacial score (nSPS) is 21.5. The Morgan fingerprint density at radius 2 is 1.32 bits per heavy atom. The number of benzene rings is 3. The monoisotopic (exact) mass is 988 g/mol. The number of phenolic OH excluding ortho intramolecular Hbond substituents is 2. The molecule has 1 heterocycles. The van der Waals surface area contributed by atoms with E-state index in [0.717, 1.165) is 38.5 Å². The smallest absolute Gasteiger partial charge is 0.338 e. The molecule has 3 aliphatic rings. The third-order valence-electron chi connectivity index (χ3n) is 14.2. The lowest BCUT2D eigenvalue weighted by atomic mass is 9.72. The Kier molecular flexibility index (Phi) is 20.7. The second-order valence-corrected chi connectivity index (χ2v) is 19.6. The van der Waals surface area contributed by atoms with Crippen molar-refractivity contribution in [1.29, 1.82) is 0 Å². The summed E-state index contributed by atoms with van der Waals surface area (Å²) >= 11 is 0. The summed E-state index contributed by atoms with van der Waals surface area (Å²) in [6.45, 7) is 6.02. The largest absolute Gasteiger partial charge is 0.507 e. The number of methoxy groups -OCH3 is 1. The molecule has 3 aromatic carbocycles. The molecule has 15 nitrogen and oxygen atoms in total. The topological polar surface area (TPSA) is 231 Å². The summed E-state index contributed by atoms with van der Waals surface area (Å²) < 4.78 is 35.5. The number of aliphatic hydroxyl groups excluding tert-OH is 1. The van der Waals surface area contributed by atoms with Crippen LogP contribution in [0.3, 0.4) is 0 Å². The quantitative estimate of drug-likeness (QED) is 0.0194. The molecule has 2 aliphatic carbocycles. The molecular formula is C56H77NO14. The predicted molar refractivity (Wildman–Crippen MR) is 267 cm³/mol. The van der Waals surface area contributed by atoms with Gasteiger partial charge in [0.15, 0.2) is 30.2 Å². The van der Waals surface area contributed by atoms with Crippen LogP contribution in [0.25, 0.3) is 0 Å². The van der Waals surface area contributed by atoms with E-state index < -0.39 is 102 Å². The molecule has 0 aromatic heterocycles. The molecule has 71 heavy (non-hydrogen) atoms. The number of phenols is 2. The van der Waals surface area contributed by atoms with Crippen LogP contribution in [-0.4, -0.2) is 101 Å². The van der Waals surface area contributed by atoms with E-state index in [1.807, 2.05) is 0 Å². The van der Waals surface area contributed by atoms with Crippen LogP contribution in [0.2, 0.25) is 0 Å². The van der Waals surface area contributed by atoms with Gasteiger partial charge in [-0.1, -0.05) is 129 Å². The van der Waals surface area contributed by atoms with Crippen molar-refractivity contribution in [3.05, 3.63) is 75.3 Å². The Labute approximate surface area is 418 Å². The summed E-state index contributed by atoms with van der Waals surface area (Å²) in [7, 11) is 1.33. The number of aromatic hydroxyl groups is 2. The van der Waals surface area contributed by atoms with Crippen LogP contribution < -0.4 is 19.9 Å². The fourth-order valence-electron chi connectivity index (χ4n) is 10.0. The van der Waals surface area contributed by atoms with Crippen molar-refractivity contribution in [3.8, 4) is 28.7 Å². The van der Waals surface area contributed by atoms with E-state index in [0.29, 0.717) is 24.7 Å². The molecule has 3 aromatic rings. The van der Waals surface area contributed by atoms with Crippen molar-refractivity contribution in [3.63, 3.8) is 0 Å². The Bertz CT molecular complexity index is 2280. The van der Waals surface area contributed by atoms with Crippen molar-refractivity contribution in [2.45, 2.75) is 192 Å². The first-order chi connectivity index (χ1) is 34.2. The highest BCUT2D eigenvalue weighted by atomic mass is 16.7. The zero-order chi connectivity index (χ0) is 51.1. The summed E-state index contributed by atoms with van der Waals surface area (Å²) in [5.74, 6) is -3.91. The summed E-state index contributed by atoms with van der Waals surface area (Å²) in [6.07, 6.45) is 15.3. The Hall–Kier alpha value is -5.06. The van der Waals surface area contributed by atoms with Crippen molar-refractivity contribution < 1.29 is 68.0 Å². The lowest BCUT2D eigenvalue weighted by Crippen LogP contribution is -2.53. The van der Waals surface area contributed by atoms with Crippen LogP contribution in [-0.2, 0) is 25.4 Å². The molecule has 0 saturated carbocycles. The van der Waals surface area contributed by atoms with Gasteiger partial charge in [0.05, 0.1) is 60.9 Å². The highest BCUT2D eigenvalue weighted by molar-refractivity contribution is 6.31. The van der Waals surface area contributed by atoms with Gasteiger partial charge >= 0.3 is 5.97 Å². The molecule has 1 aliphatic heterocycles. The maximum Gasteiger partial charge on any atom is 0.338 e. The number of ether oxygens (including phenoxy) is 6. The maximum absolute atomic E-state index is 14.2. The lowest BCUT2D eigenvalue weighted by Gasteiger charge is -2.42. The van der Waals surface area contributed by atoms with Crippen molar-refractivity contribution >= 4 is 23.3 Å². The van der Waals surface area contributed by atoms with Gasteiger partial charge in [-0.2, -0.15) is 0 Å². The molecule has 1 saturated heterocycles. The number of nitrogens with two attached hydrogens (primary N) is 1. The molecule has 1 fully saturated rings. The number of carbonyl (C=O) groups excluding carboxylic acids is 4. The predicted octanol–water partition coefficient (Wildman–Crippen LogP) is 9.69. The van der Waals surface area contributed by atoms with Gasteiger partial charge in [0.2, 0.25) is 11.6 Å². The lowest BCUT2D eigenvalue weighted by molar-refractivity contribution is -0.247. The summed E-state index contributed by atoms with van der Waals surface area (Å²) in [6, 6.07) is 8.31. The first-order valence-electron chi connectivity index (χ1n) is 26.2. The number of carbonyl (C=O) groups is 4. The fourth-order valence-corrected chi connectivity index (χ4v) is 10.0. The SMILES string of the molecule is CCCCCCCCCCCOc1ccc(C(=O)OCC(=O)[C@]2(O)Cc3c(O)c4c(c(O)c3[C@@H](O[C@H]3C[C@H](N)[C@H](O)[C@H](C)O3)C2)C(=O)c2c(OC)cccc2C4=O)cc1OCCCCCCCCCCC. The van der Waals surface area contributed by atoms with E-state index in [2.05, 4.69) is 13.8 Å². The number of aliphatic hydroxyl groups is 2. The average Bonchev–Trinajstić information content (AvgIpc) is 3.35. The summed E-state index contributed by atoms with van der Waals surface area (Å²) in [5, 5.41) is 46.6. The Morgan fingerprint density at radius 1 is 0.746 bits per heavy atom. The zero-order valence-corrected chi connectivity index (χ0v) is 42.3. The van der Waals surface area contributed by atoms with Gasteiger partial charge in [-0.3, -0.25) is 14.4 Å². The minimum atomic E-state index is -2.41. The summed E-state index contributed by atoms with van der Waals surface area (Å²) in [5.41, 5.74) is 2.31. The molecule has 0 spiro atoms. The molecular weight excluding hydrogens is 911 g/mol. The van der Waals surface area contributed by atoms with Crippen molar-refractivity contribution in [1.82, 2.24) is 0 Å². The number of esters is 1. The molecule has 0 bridgehead atoms. The van der Waals surface area contributed by atoms with Gasteiger partial charge < -0.3 is 54.6 Å².